The quantitative estimate of drug-likeness (QED) is 0.832. The molecule has 5 nitrogen and oxygen atoms in total. The van der Waals surface area contributed by atoms with Crippen LogP contribution in [-0.2, 0) is 16.6 Å². The van der Waals surface area contributed by atoms with E-state index in [1.54, 1.807) is 6.33 Å². The monoisotopic (exact) mass is 247 g/mol. The van der Waals surface area contributed by atoms with Crippen molar-refractivity contribution in [3.63, 3.8) is 0 Å². The molecule has 0 bridgehead atoms. The van der Waals surface area contributed by atoms with Crippen molar-refractivity contribution in [3.8, 4) is 0 Å². The second kappa shape index (κ2) is 5.18. The highest BCUT2D eigenvalue weighted by molar-refractivity contribution is 5.76. The predicted molar refractivity (Wildman–Crippen MR) is 68.9 cm³/mol. The number of fused-ring (bicyclic) bond motifs is 1. The van der Waals surface area contributed by atoms with Gasteiger partial charge in [0.1, 0.15) is 0 Å². The summed E-state index contributed by atoms with van der Waals surface area (Å²) in [6.07, 6.45) is 2.68. The van der Waals surface area contributed by atoms with Gasteiger partial charge in [0.15, 0.2) is 0 Å². The molecule has 0 radical (unpaired) electrons. The number of benzene rings is 1. The lowest BCUT2D eigenvalue weighted by molar-refractivity contribution is -0.140. The molecule has 2 rings (SSSR count). The van der Waals surface area contributed by atoms with Crippen molar-refractivity contribution in [3.05, 3.63) is 30.1 Å². The number of nitrogens with two attached hydrogens (primary N) is 1. The van der Waals surface area contributed by atoms with Crippen molar-refractivity contribution in [2.24, 2.45) is 12.8 Å². The summed E-state index contributed by atoms with van der Waals surface area (Å²) in [6.45, 7) is 0. The molecule has 0 aliphatic rings. The molecule has 1 heterocycles. The molecule has 0 saturated carbocycles. The highest BCUT2D eigenvalue weighted by Gasteiger charge is 2.11. The van der Waals surface area contributed by atoms with E-state index in [-0.39, 0.29) is 12.0 Å². The summed E-state index contributed by atoms with van der Waals surface area (Å²) in [4.78, 5) is 15.4. The topological polar surface area (TPSA) is 70.1 Å². The third-order valence-corrected chi connectivity index (χ3v) is 3.06. The summed E-state index contributed by atoms with van der Waals surface area (Å²) in [5.41, 5.74) is 9.03. The SMILES string of the molecule is COC(=O)CCC(N)c1ccc2c(c1)ncn2C. The highest BCUT2D eigenvalue weighted by Crippen LogP contribution is 2.20. The molecule has 2 aromatic rings. The molecule has 1 aromatic carbocycles. The van der Waals surface area contributed by atoms with Crippen molar-refractivity contribution in [1.29, 1.82) is 0 Å². The summed E-state index contributed by atoms with van der Waals surface area (Å²) < 4.78 is 6.56. The number of imidazole rings is 1. The second-order valence-electron chi connectivity index (χ2n) is 4.32. The first-order valence-corrected chi connectivity index (χ1v) is 5.85. The molecule has 0 spiro atoms. The summed E-state index contributed by atoms with van der Waals surface area (Å²) >= 11 is 0. The lowest BCUT2D eigenvalue weighted by atomic mass is 10.0. The number of aryl methyl sites for hydroxylation is 1. The average molecular weight is 247 g/mol. The zero-order chi connectivity index (χ0) is 13.1. The van der Waals surface area contributed by atoms with E-state index in [9.17, 15) is 4.79 Å². The number of esters is 1. The van der Waals surface area contributed by atoms with Crippen molar-refractivity contribution >= 4 is 17.0 Å². The molecule has 0 aliphatic heterocycles. The first kappa shape index (κ1) is 12.6. The summed E-state index contributed by atoms with van der Waals surface area (Å²) in [5.74, 6) is -0.232. The first-order chi connectivity index (χ1) is 8.61. The molecule has 0 fully saturated rings. The Morgan fingerprint density at radius 2 is 2.33 bits per heavy atom. The van der Waals surface area contributed by atoms with Crippen molar-refractivity contribution < 1.29 is 9.53 Å². The Morgan fingerprint density at radius 3 is 3.06 bits per heavy atom. The van der Waals surface area contributed by atoms with Gasteiger partial charge in [0.2, 0.25) is 0 Å². The third-order valence-electron chi connectivity index (χ3n) is 3.06. The van der Waals surface area contributed by atoms with E-state index in [2.05, 4.69) is 9.72 Å². The standard InChI is InChI=1S/C13H17N3O2/c1-16-8-15-11-7-9(3-5-12(11)16)10(14)4-6-13(17)18-2/h3,5,7-8,10H,4,6,14H2,1-2H3. The van der Waals surface area contributed by atoms with Crippen LogP contribution >= 0.6 is 0 Å². The molecule has 0 aliphatic carbocycles. The number of carbonyl (C=O) groups excluding carboxylic acids is 1. The Balaban J connectivity index is 2.12. The van der Waals surface area contributed by atoms with Gasteiger partial charge in [-0.1, -0.05) is 6.07 Å². The maximum atomic E-state index is 11.1. The van der Waals surface area contributed by atoms with Crippen LogP contribution in [0.15, 0.2) is 24.5 Å². The number of hydrogen-bond donors (Lipinski definition) is 1. The van der Waals surface area contributed by atoms with Crippen LogP contribution in [0, 0.1) is 0 Å². The van der Waals surface area contributed by atoms with Gasteiger partial charge in [-0.3, -0.25) is 4.79 Å². The summed E-state index contributed by atoms with van der Waals surface area (Å²) in [6, 6.07) is 5.77. The number of methoxy groups -OCH3 is 1. The fourth-order valence-corrected chi connectivity index (χ4v) is 1.93. The van der Waals surface area contributed by atoms with Gasteiger partial charge in [-0.25, -0.2) is 4.98 Å². The number of rotatable bonds is 4. The number of nitrogens with zero attached hydrogens (tertiary/aromatic N) is 2. The zero-order valence-electron chi connectivity index (χ0n) is 10.6. The smallest absolute Gasteiger partial charge is 0.305 e. The molecule has 0 saturated heterocycles. The van der Waals surface area contributed by atoms with Gasteiger partial charge in [0, 0.05) is 19.5 Å². The molecular formula is C13H17N3O2. The number of aromatic nitrogens is 2. The van der Waals surface area contributed by atoms with E-state index in [0.29, 0.717) is 12.8 Å². The van der Waals surface area contributed by atoms with Gasteiger partial charge >= 0.3 is 5.97 Å². The van der Waals surface area contributed by atoms with Gasteiger partial charge in [-0.15, -0.1) is 0 Å². The fraction of sp³-hybridized carbons (Fsp3) is 0.385. The third kappa shape index (κ3) is 2.51. The minimum Gasteiger partial charge on any atom is -0.469 e. The van der Waals surface area contributed by atoms with Crippen molar-refractivity contribution in [1.82, 2.24) is 9.55 Å². The van der Waals surface area contributed by atoms with Crippen LogP contribution in [0.1, 0.15) is 24.4 Å². The van der Waals surface area contributed by atoms with E-state index < -0.39 is 0 Å². The number of ether oxygens (including phenoxy) is 1. The van der Waals surface area contributed by atoms with E-state index in [1.807, 2.05) is 29.8 Å². The zero-order valence-corrected chi connectivity index (χ0v) is 10.6. The molecule has 1 aromatic heterocycles. The first-order valence-electron chi connectivity index (χ1n) is 5.85. The van der Waals surface area contributed by atoms with Gasteiger partial charge in [0.25, 0.3) is 0 Å². The fourth-order valence-electron chi connectivity index (χ4n) is 1.93. The molecular weight excluding hydrogens is 230 g/mol. The maximum Gasteiger partial charge on any atom is 0.305 e. The predicted octanol–water partition coefficient (Wildman–Crippen LogP) is 1.53. The Kier molecular flexibility index (Phi) is 3.62. The van der Waals surface area contributed by atoms with E-state index in [4.69, 9.17) is 5.73 Å². The Bertz CT molecular complexity index is 562. The van der Waals surface area contributed by atoms with E-state index in [1.165, 1.54) is 7.11 Å². The normalized spacial score (nSPS) is 12.6. The molecule has 1 atom stereocenters. The molecule has 2 N–H and O–H groups in total. The number of hydrogen-bond acceptors (Lipinski definition) is 4. The average Bonchev–Trinajstić information content (AvgIpc) is 2.76. The maximum absolute atomic E-state index is 11.1. The molecule has 1 unspecified atom stereocenters. The minimum absolute atomic E-state index is 0.171. The van der Waals surface area contributed by atoms with Crippen LogP contribution in [0.2, 0.25) is 0 Å². The lowest BCUT2D eigenvalue weighted by Gasteiger charge is -2.11. The van der Waals surface area contributed by atoms with Crippen LogP contribution in [0.5, 0.6) is 0 Å². The van der Waals surface area contributed by atoms with Crippen molar-refractivity contribution in [2.45, 2.75) is 18.9 Å². The van der Waals surface area contributed by atoms with E-state index in [0.717, 1.165) is 16.6 Å². The minimum atomic E-state index is -0.232. The summed E-state index contributed by atoms with van der Waals surface area (Å²) in [5, 5.41) is 0. The van der Waals surface area contributed by atoms with Crippen LogP contribution in [-0.4, -0.2) is 22.6 Å². The van der Waals surface area contributed by atoms with Gasteiger partial charge in [-0.2, -0.15) is 0 Å². The van der Waals surface area contributed by atoms with Crippen molar-refractivity contribution in [2.75, 3.05) is 7.11 Å². The molecule has 18 heavy (non-hydrogen) atoms. The van der Waals surface area contributed by atoms with Gasteiger partial charge in [0.05, 0.1) is 24.5 Å². The number of carbonyl (C=O) groups is 1. The van der Waals surface area contributed by atoms with Crippen LogP contribution in [0.25, 0.3) is 11.0 Å². The second-order valence-corrected chi connectivity index (χ2v) is 4.32. The van der Waals surface area contributed by atoms with Crippen LogP contribution in [0.3, 0.4) is 0 Å². The highest BCUT2D eigenvalue weighted by atomic mass is 16.5. The Labute approximate surface area is 106 Å². The molecule has 96 valence electrons. The van der Waals surface area contributed by atoms with Crippen LogP contribution < -0.4 is 5.73 Å². The van der Waals surface area contributed by atoms with Gasteiger partial charge < -0.3 is 15.0 Å². The Morgan fingerprint density at radius 1 is 1.56 bits per heavy atom. The largest absolute Gasteiger partial charge is 0.469 e. The summed E-state index contributed by atoms with van der Waals surface area (Å²) in [7, 11) is 3.33. The van der Waals surface area contributed by atoms with E-state index >= 15 is 0 Å². The molecule has 5 heteroatoms. The Hall–Kier alpha value is -1.88. The van der Waals surface area contributed by atoms with Crippen LogP contribution in [0.4, 0.5) is 0 Å². The molecule has 0 amide bonds. The van der Waals surface area contributed by atoms with Gasteiger partial charge in [-0.05, 0) is 24.1 Å². The lowest BCUT2D eigenvalue weighted by Crippen LogP contribution is -2.13.